The molecule has 0 aliphatic heterocycles. The molecule has 1 N–H and O–H groups in total. The molecule has 3 aromatic carbocycles. The van der Waals surface area contributed by atoms with Crippen molar-refractivity contribution in [3.63, 3.8) is 0 Å². The minimum absolute atomic E-state index is 0.120. The summed E-state index contributed by atoms with van der Waals surface area (Å²) in [5.74, 6) is -1.57. The van der Waals surface area contributed by atoms with Crippen molar-refractivity contribution < 1.29 is 18.7 Å². The topological polar surface area (TPSA) is 67.8 Å². The van der Waals surface area contributed by atoms with Crippen LogP contribution in [-0.2, 0) is 0 Å². The molecule has 0 unspecified atom stereocenters. The third kappa shape index (κ3) is 5.14. The summed E-state index contributed by atoms with van der Waals surface area (Å²) in [5.41, 5.74) is 3.84. The normalized spacial score (nSPS) is 10.7. The number of esters is 1. The van der Waals surface area contributed by atoms with Crippen molar-refractivity contribution in [1.29, 1.82) is 0 Å². The Morgan fingerprint density at radius 3 is 2.45 bits per heavy atom. The molecule has 0 heterocycles. The molecule has 0 spiro atoms. The van der Waals surface area contributed by atoms with E-state index >= 15 is 0 Å². The molecule has 3 aromatic rings. The van der Waals surface area contributed by atoms with Gasteiger partial charge in [0.05, 0.1) is 17.3 Å². The van der Waals surface area contributed by atoms with E-state index in [2.05, 4.69) is 26.5 Å². The van der Waals surface area contributed by atoms with E-state index < -0.39 is 17.7 Å². The molecule has 0 atom stereocenters. The molecule has 5 nitrogen and oxygen atoms in total. The van der Waals surface area contributed by atoms with E-state index in [4.69, 9.17) is 4.74 Å². The number of nitrogens with zero attached hydrogens (tertiary/aromatic N) is 1. The summed E-state index contributed by atoms with van der Waals surface area (Å²) >= 11 is 3.35. The van der Waals surface area contributed by atoms with E-state index in [0.717, 1.165) is 10.0 Å². The lowest BCUT2D eigenvalue weighted by atomic mass is 10.1. The van der Waals surface area contributed by atoms with Gasteiger partial charge in [-0.25, -0.2) is 14.6 Å². The van der Waals surface area contributed by atoms with E-state index in [-0.39, 0.29) is 11.3 Å². The van der Waals surface area contributed by atoms with Crippen LogP contribution in [0.2, 0.25) is 0 Å². The summed E-state index contributed by atoms with van der Waals surface area (Å²) in [6.45, 7) is 1.82. The second-order valence-electron chi connectivity index (χ2n) is 6.07. The lowest BCUT2D eigenvalue weighted by molar-refractivity contribution is 0.0733. The first-order valence-electron chi connectivity index (χ1n) is 8.61. The number of hydrogen-bond acceptors (Lipinski definition) is 4. The summed E-state index contributed by atoms with van der Waals surface area (Å²) < 4.78 is 19.9. The first-order valence-corrected chi connectivity index (χ1v) is 9.40. The molecule has 0 aliphatic rings. The van der Waals surface area contributed by atoms with Gasteiger partial charge in [-0.2, -0.15) is 5.10 Å². The molecule has 0 radical (unpaired) electrons. The van der Waals surface area contributed by atoms with Gasteiger partial charge < -0.3 is 4.74 Å². The van der Waals surface area contributed by atoms with Gasteiger partial charge in [0.25, 0.3) is 5.91 Å². The fourth-order valence-corrected chi connectivity index (χ4v) is 2.91. The molecule has 7 heteroatoms. The molecule has 0 saturated carbocycles. The maximum atomic E-state index is 13.7. The number of halogens is 2. The van der Waals surface area contributed by atoms with Gasteiger partial charge in [-0.05, 0) is 48.9 Å². The SMILES string of the molecule is Cc1ccccc1C(=O)Oc1ccc(Br)cc1/C=N/NC(=O)c1ccccc1F. The summed E-state index contributed by atoms with van der Waals surface area (Å²) in [4.78, 5) is 24.5. The van der Waals surface area contributed by atoms with Crippen molar-refractivity contribution in [2.24, 2.45) is 5.10 Å². The van der Waals surface area contributed by atoms with Gasteiger partial charge in [0.2, 0.25) is 0 Å². The summed E-state index contributed by atoms with van der Waals surface area (Å²) in [7, 11) is 0. The molecule has 0 aliphatic carbocycles. The molecular formula is C22H16BrFN2O3. The average molecular weight is 455 g/mol. The Balaban J connectivity index is 1.77. The third-order valence-corrected chi connectivity index (χ3v) is 4.52. The largest absolute Gasteiger partial charge is 0.422 e. The van der Waals surface area contributed by atoms with Crippen molar-refractivity contribution in [2.75, 3.05) is 0 Å². The van der Waals surface area contributed by atoms with Crippen molar-refractivity contribution >= 4 is 34.0 Å². The van der Waals surface area contributed by atoms with Crippen LogP contribution in [0.1, 0.15) is 31.8 Å². The van der Waals surface area contributed by atoms with E-state index in [1.807, 2.05) is 19.1 Å². The Hall–Kier alpha value is -3.32. The molecule has 146 valence electrons. The fourth-order valence-electron chi connectivity index (χ4n) is 2.54. The highest BCUT2D eigenvalue weighted by atomic mass is 79.9. The zero-order chi connectivity index (χ0) is 20.8. The van der Waals surface area contributed by atoms with Gasteiger partial charge >= 0.3 is 5.97 Å². The molecule has 0 bridgehead atoms. The quantitative estimate of drug-likeness (QED) is 0.258. The second-order valence-corrected chi connectivity index (χ2v) is 6.98. The van der Waals surface area contributed by atoms with Crippen LogP contribution in [0.5, 0.6) is 5.75 Å². The molecule has 29 heavy (non-hydrogen) atoms. The van der Waals surface area contributed by atoms with E-state index in [9.17, 15) is 14.0 Å². The number of hydrogen-bond donors (Lipinski definition) is 1. The first-order chi connectivity index (χ1) is 14.0. The lowest BCUT2D eigenvalue weighted by Gasteiger charge is -2.09. The maximum absolute atomic E-state index is 13.7. The standard InChI is InChI=1S/C22H16BrFN2O3/c1-14-6-2-3-7-17(14)22(28)29-20-11-10-16(23)12-15(20)13-25-26-21(27)18-8-4-5-9-19(18)24/h2-13H,1H3,(H,26,27)/b25-13+. The highest BCUT2D eigenvalue weighted by molar-refractivity contribution is 9.10. The number of carbonyl (C=O) groups excluding carboxylic acids is 2. The third-order valence-electron chi connectivity index (χ3n) is 4.03. The zero-order valence-corrected chi connectivity index (χ0v) is 16.9. The minimum atomic E-state index is -0.687. The van der Waals surface area contributed by atoms with Crippen LogP contribution >= 0.6 is 15.9 Å². The molecule has 0 saturated heterocycles. The summed E-state index contributed by atoms with van der Waals surface area (Å²) in [6, 6.07) is 17.7. The smallest absolute Gasteiger partial charge is 0.343 e. The minimum Gasteiger partial charge on any atom is -0.422 e. The summed E-state index contributed by atoms with van der Waals surface area (Å²) in [6.07, 6.45) is 1.32. The average Bonchev–Trinajstić information content (AvgIpc) is 2.70. The monoisotopic (exact) mass is 454 g/mol. The first kappa shape index (κ1) is 20.4. The number of ether oxygens (including phenoxy) is 1. The van der Waals surface area contributed by atoms with Crippen LogP contribution in [0.3, 0.4) is 0 Å². The fraction of sp³-hybridized carbons (Fsp3) is 0.0455. The van der Waals surface area contributed by atoms with Gasteiger partial charge in [0.15, 0.2) is 0 Å². The predicted molar refractivity (Wildman–Crippen MR) is 112 cm³/mol. The van der Waals surface area contributed by atoms with Crippen LogP contribution in [0, 0.1) is 12.7 Å². The van der Waals surface area contributed by atoms with E-state index in [0.29, 0.717) is 11.1 Å². The van der Waals surface area contributed by atoms with Gasteiger partial charge in [0, 0.05) is 10.0 Å². The Morgan fingerprint density at radius 1 is 1.03 bits per heavy atom. The number of amides is 1. The van der Waals surface area contributed by atoms with E-state index in [1.54, 1.807) is 36.4 Å². The second kappa shape index (κ2) is 9.25. The number of hydrazone groups is 1. The Labute approximate surface area is 175 Å². The van der Waals surface area contributed by atoms with Crippen LogP contribution in [0.25, 0.3) is 0 Å². The van der Waals surface area contributed by atoms with Crippen LogP contribution in [0.4, 0.5) is 4.39 Å². The number of carbonyl (C=O) groups is 2. The van der Waals surface area contributed by atoms with Crippen LogP contribution < -0.4 is 10.2 Å². The van der Waals surface area contributed by atoms with Crippen LogP contribution in [0.15, 0.2) is 76.3 Å². The van der Waals surface area contributed by atoms with Crippen molar-refractivity contribution in [3.8, 4) is 5.75 Å². The maximum Gasteiger partial charge on any atom is 0.343 e. The highest BCUT2D eigenvalue weighted by Crippen LogP contribution is 2.23. The van der Waals surface area contributed by atoms with Crippen molar-refractivity contribution in [3.05, 3.63) is 99.3 Å². The predicted octanol–water partition coefficient (Wildman–Crippen LogP) is 4.88. The Kier molecular flexibility index (Phi) is 6.51. The molecule has 0 aromatic heterocycles. The van der Waals surface area contributed by atoms with Crippen LogP contribution in [-0.4, -0.2) is 18.1 Å². The lowest BCUT2D eigenvalue weighted by Crippen LogP contribution is -2.19. The molecule has 1 amide bonds. The number of rotatable bonds is 5. The number of aryl methyl sites for hydroxylation is 1. The van der Waals surface area contributed by atoms with Crippen molar-refractivity contribution in [2.45, 2.75) is 6.92 Å². The zero-order valence-electron chi connectivity index (χ0n) is 15.4. The molecular weight excluding hydrogens is 439 g/mol. The highest BCUT2D eigenvalue weighted by Gasteiger charge is 2.14. The van der Waals surface area contributed by atoms with Gasteiger partial charge in [-0.15, -0.1) is 0 Å². The molecule has 0 fully saturated rings. The van der Waals surface area contributed by atoms with Crippen molar-refractivity contribution in [1.82, 2.24) is 5.43 Å². The molecule has 3 rings (SSSR count). The van der Waals surface area contributed by atoms with Gasteiger partial charge in [-0.1, -0.05) is 46.3 Å². The Bertz CT molecular complexity index is 1100. The Morgan fingerprint density at radius 2 is 1.72 bits per heavy atom. The van der Waals surface area contributed by atoms with E-state index in [1.165, 1.54) is 24.4 Å². The van der Waals surface area contributed by atoms with Gasteiger partial charge in [0.1, 0.15) is 11.6 Å². The van der Waals surface area contributed by atoms with Gasteiger partial charge in [-0.3, -0.25) is 4.79 Å². The number of benzene rings is 3. The number of nitrogens with one attached hydrogen (secondary N) is 1. The summed E-state index contributed by atoms with van der Waals surface area (Å²) in [5, 5.41) is 3.86.